The monoisotopic (exact) mass is 278 g/mol. The summed E-state index contributed by atoms with van der Waals surface area (Å²) in [6, 6.07) is 7.48. The number of carbonyl (C=O) groups excluding carboxylic acids is 1. The summed E-state index contributed by atoms with van der Waals surface area (Å²) >= 11 is 0. The Balaban J connectivity index is 1.92. The van der Waals surface area contributed by atoms with E-state index in [2.05, 4.69) is 5.32 Å². The molecule has 1 aromatic carbocycles. The Hall–Kier alpha value is -1.59. The van der Waals surface area contributed by atoms with Crippen LogP contribution in [0, 0.1) is 0 Å². The Morgan fingerprint density at radius 3 is 2.95 bits per heavy atom. The standard InChI is InChI=1S/C15H22N2O3/c1-17(2)10-15(18)16-13-7-3-4-8-14(13)20-11-12-6-5-9-19-12/h3-4,7-8,12H,5-6,9-11H2,1-2H3,(H,16,18). The molecule has 1 heterocycles. The van der Waals surface area contributed by atoms with Gasteiger partial charge < -0.3 is 19.7 Å². The maximum Gasteiger partial charge on any atom is 0.238 e. The van der Waals surface area contributed by atoms with E-state index in [1.165, 1.54) is 0 Å². The van der Waals surface area contributed by atoms with Crippen molar-refractivity contribution in [2.45, 2.75) is 18.9 Å². The average Bonchev–Trinajstić information content (AvgIpc) is 2.90. The highest BCUT2D eigenvalue weighted by atomic mass is 16.5. The number of anilines is 1. The lowest BCUT2D eigenvalue weighted by atomic mass is 10.2. The van der Waals surface area contributed by atoms with Gasteiger partial charge in [0.05, 0.1) is 18.3 Å². The van der Waals surface area contributed by atoms with Crippen LogP contribution in [0.5, 0.6) is 5.75 Å². The Morgan fingerprint density at radius 2 is 2.25 bits per heavy atom. The van der Waals surface area contributed by atoms with E-state index in [0.717, 1.165) is 19.4 Å². The lowest BCUT2D eigenvalue weighted by Gasteiger charge is -2.16. The summed E-state index contributed by atoms with van der Waals surface area (Å²) in [6.07, 6.45) is 2.30. The minimum atomic E-state index is -0.0526. The maximum absolute atomic E-state index is 11.8. The fourth-order valence-electron chi connectivity index (χ4n) is 2.13. The smallest absolute Gasteiger partial charge is 0.238 e. The highest BCUT2D eigenvalue weighted by Gasteiger charge is 2.17. The predicted octanol–water partition coefficient (Wildman–Crippen LogP) is 1.74. The van der Waals surface area contributed by atoms with Gasteiger partial charge >= 0.3 is 0 Å². The van der Waals surface area contributed by atoms with Crippen molar-refractivity contribution in [3.8, 4) is 5.75 Å². The molecule has 1 aromatic rings. The molecule has 5 nitrogen and oxygen atoms in total. The maximum atomic E-state index is 11.8. The number of benzene rings is 1. The van der Waals surface area contributed by atoms with E-state index in [-0.39, 0.29) is 12.0 Å². The molecule has 0 aromatic heterocycles. The van der Waals surface area contributed by atoms with Gasteiger partial charge in [0.15, 0.2) is 0 Å². The molecule has 1 amide bonds. The molecule has 1 atom stereocenters. The number of rotatable bonds is 6. The molecule has 0 saturated carbocycles. The predicted molar refractivity (Wildman–Crippen MR) is 78.1 cm³/mol. The van der Waals surface area contributed by atoms with Gasteiger partial charge in [-0.2, -0.15) is 0 Å². The summed E-state index contributed by atoms with van der Waals surface area (Å²) in [4.78, 5) is 13.6. The summed E-state index contributed by atoms with van der Waals surface area (Å²) in [7, 11) is 3.72. The zero-order valence-electron chi connectivity index (χ0n) is 12.1. The van der Waals surface area contributed by atoms with Crippen LogP contribution < -0.4 is 10.1 Å². The molecular weight excluding hydrogens is 256 g/mol. The molecule has 5 heteroatoms. The Bertz CT molecular complexity index is 442. The molecule has 2 rings (SSSR count). The molecule has 0 bridgehead atoms. The molecule has 0 aliphatic carbocycles. The van der Waals surface area contributed by atoms with Gasteiger partial charge in [0, 0.05) is 6.61 Å². The van der Waals surface area contributed by atoms with Crippen LogP contribution in [0.2, 0.25) is 0 Å². The number of hydrogen-bond acceptors (Lipinski definition) is 4. The van der Waals surface area contributed by atoms with Crippen LogP contribution in [0.1, 0.15) is 12.8 Å². The van der Waals surface area contributed by atoms with Crippen LogP contribution >= 0.6 is 0 Å². The molecule has 1 N–H and O–H groups in total. The fraction of sp³-hybridized carbons (Fsp3) is 0.533. The first-order chi connectivity index (χ1) is 9.65. The van der Waals surface area contributed by atoms with E-state index in [4.69, 9.17) is 9.47 Å². The average molecular weight is 278 g/mol. The Morgan fingerprint density at radius 1 is 1.45 bits per heavy atom. The number of nitrogens with zero attached hydrogens (tertiary/aromatic N) is 1. The summed E-state index contributed by atoms with van der Waals surface area (Å²) in [5.41, 5.74) is 0.706. The zero-order chi connectivity index (χ0) is 14.4. The van der Waals surface area contributed by atoms with Crippen LogP contribution in [0.3, 0.4) is 0 Å². The minimum absolute atomic E-state index is 0.0526. The third kappa shape index (κ3) is 4.51. The second kappa shape index (κ2) is 7.26. The fourth-order valence-corrected chi connectivity index (χ4v) is 2.13. The first-order valence-corrected chi connectivity index (χ1v) is 6.93. The van der Waals surface area contributed by atoms with Crippen molar-refractivity contribution >= 4 is 11.6 Å². The van der Waals surface area contributed by atoms with Gasteiger partial charge in [0.25, 0.3) is 0 Å². The van der Waals surface area contributed by atoms with Crippen LogP contribution in [-0.2, 0) is 9.53 Å². The van der Waals surface area contributed by atoms with Crippen molar-refractivity contribution < 1.29 is 14.3 Å². The van der Waals surface area contributed by atoms with Crippen molar-refractivity contribution in [1.82, 2.24) is 4.90 Å². The molecule has 0 spiro atoms. The number of likely N-dealkylation sites (N-methyl/N-ethyl adjacent to an activating group) is 1. The van der Waals surface area contributed by atoms with Crippen molar-refractivity contribution in [1.29, 1.82) is 0 Å². The number of hydrogen-bond donors (Lipinski definition) is 1. The van der Waals surface area contributed by atoms with Crippen LogP contribution in [0.15, 0.2) is 24.3 Å². The van der Waals surface area contributed by atoms with Gasteiger partial charge in [-0.1, -0.05) is 12.1 Å². The summed E-state index contributed by atoms with van der Waals surface area (Å²) in [5.74, 6) is 0.637. The normalized spacial score (nSPS) is 18.2. The van der Waals surface area contributed by atoms with Crippen LogP contribution in [0.25, 0.3) is 0 Å². The highest BCUT2D eigenvalue weighted by molar-refractivity contribution is 5.93. The van der Waals surface area contributed by atoms with Gasteiger partial charge in [0.2, 0.25) is 5.91 Å². The van der Waals surface area contributed by atoms with Gasteiger partial charge in [-0.25, -0.2) is 0 Å². The van der Waals surface area contributed by atoms with Gasteiger partial charge in [0.1, 0.15) is 12.4 Å². The number of para-hydroxylation sites is 2. The Labute approximate surface area is 119 Å². The number of nitrogens with one attached hydrogen (secondary N) is 1. The van der Waals surface area contributed by atoms with Gasteiger partial charge in [-0.15, -0.1) is 0 Å². The third-order valence-corrected chi connectivity index (χ3v) is 3.07. The van der Waals surface area contributed by atoms with E-state index in [1.807, 2.05) is 43.3 Å². The number of carbonyl (C=O) groups is 1. The number of amides is 1. The summed E-state index contributed by atoms with van der Waals surface area (Å²) in [5, 5.41) is 2.87. The molecule has 110 valence electrons. The number of ether oxygens (including phenoxy) is 2. The molecule has 0 radical (unpaired) electrons. The third-order valence-electron chi connectivity index (χ3n) is 3.07. The summed E-state index contributed by atoms with van der Waals surface area (Å²) < 4.78 is 11.3. The van der Waals surface area contributed by atoms with Crippen molar-refractivity contribution in [2.24, 2.45) is 0 Å². The lowest BCUT2D eigenvalue weighted by Crippen LogP contribution is -2.27. The van der Waals surface area contributed by atoms with Crippen molar-refractivity contribution in [3.63, 3.8) is 0 Å². The minimum Gasteiger partial charge on any atom is -0.489 e. The van der Waals surface area contributed by atoms with Crippen molar-refractivity contribution in [2.75, 3.05) is 39.2 Å². The molecule has 20 heavy (non-hydrogen) atoms. The van der Waals surface area contributed by atoms with Crippen molar-refractivity contribution in [3.05, 3.63) is 24.3 Å². The molecule has 1 saturated heterocycles. The highest BCUT2D eigenvalue weighted by Crippen LogP contribution is 2.25. The summed E-state index contributed by atoms with van der Waals surface area (Å²) in [6.45, 7) is 1.69. The largest absolute Gasteiger partial charge is 0.489 e. The molecule has 1 unspecified atom stereocenters. The zero-order valence-corrected chi connectivity index (χ0v) is 12.1. The SMILES string of the molecule is CN(C)CC(=O)Nc1ccccc1OCC1CCCO1. The van der Waals surface area contributed by atoms with Gasteiger partial charge in [-0.3, -0.25) is 4.79 Å². The van der Waals surface area contributed by atoms with E-state index in [1.54, 1.807) is 0 Å². The molecule has 1 fully saturated rings. The van der Waals surface area contributed by atoms with E-state index >= 15 is 0 Å². The van der Waals surface area contributed by atoms with E-state index in [9.17, 15) is 4.79 Å². The van der Waals surface area contributed by atoms with Crippen LogP contribution in [-0.4, -0.2) is 50.8 Å². The van der Waals surface area contributed by atoms with E-state index < -0.39 is 0 Å². The first-order valence-electron chi connectivity index (χ1n) is 6.93. The quantitative estimate of drug-likeness (QED) is 0.861. The molecular formula is C15H22N2O3. The van der Waals surface area contributed by atoms with E-state index in [0.29, 0.717) is 24.6 Å². The Kier molecular flexibility index (Phi) is 5.38. The topological polar surface area (TPSA) is 50.8 Å². The van der Waals surface area contributed by atoms with Gasteiger partial charge in [-0.05, 0) is 39.1 Å². The first kappa shape index (κ1) is 14.8. The second-order valence-electron chi connectivity index (χ2n) is 5.23. The van der Waals surface area contributed by atoms with Crippen LogP contribution in [0.4, 0.5) is 5.69 Å². The molecule has 1 aliphatic heterocycles. The molecule has 1 aliphatic rings. The second-order valence-corrected chi connectivity index (χ2v) is 5.23. The lowest BCUT2D eigenvalue weighted by molar-refractivity contribution is -0.116.